The lowest BCUT2D eigenvalue weighted by Crippen LogP contribution is -2.54. The fourth-order valence-corrected chi connectivity index (χ4v) is 5.99. The summed E-state index contributed by atoms with van der Waals surface area (Å²) in [6, 6.07) is 14.4. The van der Waals surface area contributed by atoms with Crippen LogP contribution in [-0.2, 0) is 17.7 Å². The summed E-state index contributed by atoms with van der Waals surface area (Å²) in [4.78, 5) is 31.3. The van der Waals surface area contributed by atoms with Gasteiger partial charge in [0.2, 0.25) is 0 Å². The molecule has 4 fully saturated rings. The van der Waals surface area contributed by atoms with E-state index in [1.165, 1.54) is 25.0 Å². The van der Waals surface area contributed by atoms with Gasteiger partial charge in [0.15, 0.2) is 0 Å². The summed E-state index contributed by atoms with van der Waals surface area (Å²) < 4.78 is 25.7. The van der Waals surface area contributed by atoms with E-state index in [0.717, 1.165) is 62.5 Å². The smallest absolute Gasteiger partial charge is 0.411 e. The highest BCUT2D eigenvalue weighted by atomic mass is 19.1. The lowest BCUT2D eigenvalue weighted by Gasteiger charge is -2.42. The molecule has 3 amide bonds. The van der Waals surface area contributed by atoms with Gasteiger partial charge in [-0.25, -0.2) is 14.0 Å². The molecule has 1 saturated carbocycles. The minimum absolute atomic E-state index is 0.00529. The maximum Gasteiger partial charge on any atom is 0.411 e. The summed E-state index contributed by atoms with van der Waals surface area (Å²) in [6.45, 7) is 5.76. The molecule has 39 heavy (non-hydrogen) atoms. The molecule has 6 rings (SSSR count). The molecular weight excluding hydrogens is 499 g/mol. The summed E-state index contributed by atoms with van der Waals surface area (Å²) in [6.07, 6.45) is 4.25. The molecule has 4 aliphatic rings. The van der Waals surface area contributed by atoms with E-state index in [0.29, 0.717) is 32.0 Å². The van der Waals surface area contributed by atoms with Crippen molar-refractivity contribution in [1.82, 2.24) is 20.0 Å². The second kappa shape index (κ2) is 11.0. The summed E-state index contributed by atoms with van der Waals surface area (Å²) in [5.74, 6) is 1.28. The van der Waals surface area contributed by atoms with Crippen molar-refractivity contribution in [3.63, 3.8) is 0 Å². The summed E-state index contributed by atoms with van der Waals surface area (Å²) >= 11 is 0. The van der Waals surface area contributed by atoms with E-state index in [4.69, 9.17) is 9.47 Å². The third-order valence-electron chi connectivity index (χ3n) is 8.64. The largest absolute Gasteiger partial charge is 0.493 e. The van der Waals surface area contributed by atoms with E-state index >= 15 is 0 Å². The van der Waals surface area contributed by atoms with Crippen LogP contribution in [0.15, 0.2) is 48.5 Å². The van der Waals surface area contributed by atoms with Crippen molar-refractivity contribution < 1.29 is 23.5 Å². The van der Waals surface area contributed by atoms with Crippen molar-refractivity contribution in [1.29, 1.82) is 0 Å². The van der Waals surface area contributed by atoms with Crippen LogP contribution >= 0.6 is 0 Å². The molecule has 1 aliphatic carbocycles. The number of carbonyl (C=O) groups excluding carboxylic acids is 2. The molecule has 2 aromatic carbocycles. The van der Waals surface area contributed by atoms with Crippen molar-refractivity contribution in [3.8, 4) is 5.75 Å². The molecule has 8 nitrogen and oxygen atoms in total. The van der Waals surface area contributed by atoms with Gasteiger partial charge in [-0.2, -0.15) is 0 Å². The van der Waals surface area contributed by atoms with Crippen LogP contribution in [0.2, 0.25) is 0 Å². The molecule has 1 N–H and O–H groups in total. The van der Waals surface area contributed by atoms with Crippen LogP contribution in [-0.4, -0.2) is 84.3 Å². The van der Waals surface area contributed by atoms with Crippen LogP contribution in [0.1, 0.15) is 36.8 Å². The zero-order chi connectivity index (χ0) is 26.8. The maximum absolute atomic E-state index is 13.6. The number of hydrogen-bond donors (Lipinski definition) is 1. The number of likely N-dealkylation sites (tertiary alicyclic amines) is 1. The Hall–Kier alpha value is -3.33. The topological polar surface area (TPSA) is 74.4 Å². The fraction of sp³-hybridized carbons (Fsp3) is 0.533. The Bertz CT molecular complexity index is 1160. The van der Waals surface area contributed by atoms with Crippen LogP contribution in [0.25, 0.3) is 0 Å². The van der Waals surface area contributed by atoms with Gasteiger partial charge in [-0.15, -0.1) is 0 Å². The first-order valence-corrected chi connectivity index (χ1v) is 14.2. The molecule has 1 atom stereocenters. The van der Waals surface area contributed by atoms with Gasteiger partial charge in [-0.1, -0.05) is 24.3 Å². The Morgan fingerprint density at radius 1 is 0.949 bits per heavy atom. The van der Waals surface area contributed by atoms with Crippen molar-refractivity contribution in [2.24, 2.45) is 5.92 Å². The third kappa shape index (κ3) is 5.98. The van der Waals surface area contributed by atoms with Gasteiger partial charge in [0.1, 0.15) is 17.2 Å². The quantitative estimate of drug-likeness (QED) is 0.496. The van der Waals surface area contributed by atoms with Crippen LogP contribution in [0, 0.1) is 11.7 Å². The number of benzene rings is 2. The summed E-state index contributed by atoms with van der Waals surface area (Å²) in [5.41, 5.74) is 1.41. The van der Waals surface area contributed by atoms with Gasteiger partial charge in [0, 0.05) is 58.7 Å². The number of halogens is 1. The second-order valence-corrected chi connectivity index (χ2v) is 11.4. The number of amides is 3. The highest BCUT2D eigenvalue weighted by molar-refractivity contribution is 5.76. The molecule has 0 radical (unpaired) electrons. The van der Waals surface area contributed by atoms with Crippen molar-refractivity contribution >= 4 is 12.1 Å². The minimum atomic E-state index is -0.597. The van der Waals surface area contributed by atoms with Gasteiger partial charge in [-0.3, -0.25) is 4.90 Å². The average molecular weight is 537 g/mol. The lowest BCUT2D eigenvalue weighted by atomic mass is 9.81. The summed E-state index contributed by atoms with van der Waals surface area (Å²) in [5, 5.41) is 2.85. The molecule has 3 aliphatic heterocycles. The van der Waals surface area contributed by atoms with Crippen molar-refractivity contribution in [2.45, 2.75) is 50.3 Å². The minimum Gasteiger partial charge on any atom is -0.493 e. The molecule has 9 heteroatoms. The highest BCUT2D eigenvalue weighted by Gasteiger charge is 2.54. The number of carbonyl (C=O) groups is 2. The van der Waals surface area contributed by atoms with E-state index < -0.39 is 5.60 Å². The molecular formula is C30H37FN4O4. The SMILES string of the molecule is O=C1NCCN1CCN1CCC2(CC1)OC(=O)N(Cc1ccc(OCC3CC3)cc1)C2Cc1ccc(F)cc1. The maximum atomic E-state index is 13.6. The number of nitrogens with zero attached hydrogens (tertiary/aromatic N) is 3. The van der Waals surface area contributed by atoms with Crippen molar-refractivity contribution in [2.75, 3.05) is 45.9 Å². The second-order valence-electron chi connectivity index (χ2n) is 11.4. The Labute approximate surface area is 229 Å². The molecule has 0 aromatic heterocycles. The number of piperidine rings is 1. The average Bonchev–Trinajstić information content (AvgIpc) is 3.64. The van der Waals surface area contributed by atoms with Crippen LogP contribution < -0.4 is 10.1 Å². The van der Waals surface area contributed by atoms with E-state index in [9.17, 15) is 14.0 Å². The van der Waals surface area contributed by atoms with E-state index in [1.807, 2.05) is 34.1 Å². The number of urea groups is 1. The van der Waals surface area contributed by atoms with E-state index in [-0.39, 0.29) is 24.0 Å². The molecule has 1 unspecified atom stereocenters. The zero-order valence-electron chi connectivity index (χ0n) is 22.3. The van der Waals surface area contributed by atoms with Gasteiger partial charge in [0.25, 0.3) is 0 Å². The zero-order valence-corrected chi connectivity index (χ0v) is 22.3. The summed E-state index contributed by atoms with van der Waals surface area (Å²) in [7, 11) is 0. The van der Waals surface area contributed by atoms with E-state index in [2.05, 4.69) is 10.2 Å². The molecule has 2 aromatic rings. The molecule has 208 valence electrons. The Kier molecular flexibility index (Phi) is 7.34. The first-order valence-electron chi connectivity index (χ1n) is 14.2. The normalized spacial score (nSPS) is 22.8. The first kappa shape index (κ1) is 25.9. The van der Waals surface area contributed by atoms with Crippen LogP contribution in [0.5, 0.6) is 5.75 Å². The number of hydrogen-bond acceptors (Lipinski definition) is 5. The van der Waals surface area contributed by atoms with Gasteiger partial charge in [0.05, 0.1) is 12.6 Å². The standard InChI is InChI=1S/C30H37FN4O4/c31-25-7-3-22(4-8-25)19-27-30(11-14-33(15-12-30)17-18-34-16-13-32-28(34)36)39-29(37)35(27)20-23-5-9-26(10-6-23)38-21-24-1-2-24/h3-10,24,27H,1-2,11-21H2,(H,32,36). The van der Waals surface area contributed by atoms with Gasteiger partial charge >= 0.3 is 12.1 Å². The van der Waals surface area contributed by atoms with E-state index in [1.54, 1.807) is 12.1 Å². The van der Waals surface area contributed by atoms with Gasteiger partial charge < -0.3 is 24.6 Å². The predicted octanol–water partition coefficient (Wildman–Crippen LogP) is 4.04. The third-order valence-corrected chi connectivity index (χ3v) is 8.64. The molecule has 0 bridgehead atoms. The van der Waals surface area contributed by atoms with Crippen molar-refractivity contribution in [3.05, 3.63) is 65.5 Å². The number of rotatable bonds is 10. The highest BCUT2D eigenvalue weighted by Crippen LogP contribution is 2.41. The Balaban J connectivity index is 1.14. The number of nitrogens with one attached hydrogen (secondary N) is 1. The molecule has 3 heterocycles. The lowest BCUT2D eigenvalue weighted by molar-refractivity contribution is -0.0224. The first-order chi connectivity index (χ1) is 19.0. The fourth-order valence-electron chi connectivity index (χ4n) is 5.99. The van der Waals surface area contributed by atoms with Gasteiger partial charge in [-0.05, 0) is 60.6 Å². The Morgan fingerprint density at radius 3 is 2.33 bits per heavy atom. The predicted molar refractivity (Wildman–Crippen MR) is 144 cm³/mol. The Morgan fingerprint density at radius 2 is 1.67 bits per heavy atom. The monoisotopic (exact) mass is 536 g/mol. The molecule has 3 saturated heterocycles. The van der Waals surface area contributed by atoms with Crippen LogP contribution in [0.3, 0.4) is 0 Å². The molecule has 1 spiro atoms. The number of ether oxygens (including phenoxy) is 2. The van der Waals surface area contributed by atoms with Crippen LogP contribution in [0.4, 0.5) is 14.0 Å².